The molecular weight excluding hydrogens is 168 g/mol. The number of rotatable bonds is 1. The highest BCUT2D eigenvalue weighted by atomic mass is 16.3. The van der Waals surface area contributed by atoms with Gasteiger partial charge < -0.3 is 15.3 Å². The molecule has 0 bridgehead atoms. The van der Waals surface area contributed by atoms with Crippen LogP contribution in [0.25, 0.3) is 0 Å². The van der Waals surface area contributed by atoms with E-state index in [1.54, 1.807) is 4.90 Å². The van der Waals surface area contributed by atoms with Crippen molar-refractivity contribution in [2.75, 3.05) is 19.6 Å². The van der Waals surface area contributed by atoms with Gasteiger partial charge in [-0.3, -0.25) is 4.79 Å². The normalized spacial score (nSPS) is 24.2. The third-order valence-electron chi connectivity index (χ3n) is 2.24. The number of aliphatic hydroxyl groups excluding tert-OH is 1. The van der Waals surface area contributed by atoms with Gasteiger partial charge in [0.25, 0.3) is 5.91 Å². The van der Waals surface area contributed by atoms with E-state index in [-0.39, 0.29) is 11.4 Å². The van der Waals surface area contributed by atoms with Crippen LogP contribution in [0.4, 0.5) is 0 Å². The number of hydrogen-bond donors (Lipinski definition) is 2. The maximum atomic E-state index is 11.4. The van der Waals surface area contributed by atoms with E-state index in [1.165, 1.54) is 6.92 Å². The first-order valence-corrected chi connectivity index (χ1v) is 4.64. The SMILES string of the molecule is CC(O)C(=O)N1CCNC(C)(C)C1. The van der Waals surface area contributed by atoms with Crippen LogP contribution in [0.5, 0.6) is 0 Å². The molecule has 0 saturated carbocycles. The summed E-state index contributed by atoms with van der Waals surface area (Å²) in [4.78, 5) is 13.1. The van der Waals surface area contributed by atoms with Crippen molar-refractivity contribution in [3.8, 4) is 0 Å². The van der Waals surface area contributed by atoms with Crippen molar-refractivity contribution in [2.24, 2.45) is 0 Å². The first-order valence-electron chi connectivity index (χ1n) is 4.64. The molecule has 1 fully saturated rings. The van der Waals surface area contributed by atoms with Crippen LogP contribution in [0.15, 0.2) is 0 Å². The minimum atomic E-state index is -0.881. The first-order chi connectivity index (χ1) is 5.92. The molecule has 0 aromatic carbocycles. The second kappa shape index (κ2) is 3.64. The Morgan fingerprint density at radius 3 is 2.69 bits per heavy atom. The zero-order valence-corrected chi connectivity index (χ0v) is 8.50. The average molecular weight is 186 g/mol. The maximum absolute atomic E-state index is 11.4. The Hall–Kier alpha value is -0.610. The summed E-state index contributed by atoms with van der Waals surface area (Å²) in [5.74, 6) is -0.172. The van der Waals surface area contributed by atoms with Crippen molar-refractivity contribution in [3.63, 3.8) is 0 Å². The Labute approximate surface area is 78.9 Å². The van der Waals surface area contributed by atoms with Gasteiger partial charge in [-0.1, -0.05) is 0 Å². The van der Waals surface area contributed by atoms with E-state index in [4.69, 9.17) is 5.11 Å². The summed E-state index contributed by atoms with van der Waals surface area (Å²) in [5.41, 5.74) is -0.0389. The lowest BCUT2D eigenvalue weighted by molar-refractivity contribution is -0.141. The number of carbonyl (C=O) groups excluding carboxylic acids is 1. The second-order valence-corrected chi connectivity index (χ2v) is 4.25. The van der Waals surface area contributed by atoms with Gasteiger partial charge in [0.2, 0.25) is 0 Å². The van der Waals surface area contributed by atoms with Crippen molar-refractivity contribution >= 4 is 5.91 Å². The minimum Gasteiger partial charge on any atom is -0.384 e. The molecule has 2 N–H and O–H groups in total. The Bertz CT molecular complexity index is 202. The average Bonchev–Trinajstić information content (AvgIpc) is 2.01. The molecule has 76 valence electrons. The Morgan fingerprint density at radius 1 is 1.62 bits per heavy atom. The van der Waals surface area contributed by atoms with Gasteiger partial charge in [-0.15, -0.1) is 0 Å². The number of nitrogens with zero attached hydrogens (tertiary/aromatic N) is 1. The van der Waals surface area contributed by atoms with Crippen molar-refractivity contribution in [2.45, 2.75) is 32.4 Å². The van der Waals surface area contributed by atoms with Gasteiger partial charge in [0, 0.05) is 25.2 Å². The summed E-state index contributed by atoms with van der Waals surface area (Å²) in [7, 11) is 0. The molecule has 1 rings (SSSR count). The predicted molar refractivity (Wildman–Crippen MR) is 50.3 cm³/mol. The number of nitrogens with one attached hydrogen (secondary N) is 1. The molecule has 1 saturated heterocycles. The topological polar surface area (TPSA) is 52.6 Å². The third kappa shape index (κ3) is 2.67. The Morgan fingerprint density at radius 2 is 2.23 bits per heavy atom. The van der Waals surface area contributed by atoms with E-state index < -0.39 is 6.10 Å². The van der Waals surface area contributed by atoms with Crippen molar-refractivity contribution < 1.29 is 9.90 Å². The number of piperazine rings is 1. The Balaban J connectivity index is 2.57. The molecule has 1 atom stereocenters. The summed E-state index contributed by atoms with van der Waals surface area (Å²) < 4.78 is 0. The van der Waals surface area contributed by atoms with Crippen molar-refractivity contribution in [1.82, 2.24) is 10.2 Å². The van der Waals surface area contributed by atoms with Gasteiger partial charge >= 0.3 is 0 Å². The molecule has 4 nitrogen and oxygen atoms in total. The standard InChI is InChI=1S/C9H18N2O2/c1-7(12)8(13)11-5-4-10-9(2,3)6-11/h7,10,12H,4-6H2,1-3H3. The van der Waals surface area contributed by atoms with Gasteiger partial charge in [-0.25, -0.2) is 0 Å². The Kier molecular flexibility index (Phi) is 2.93. The molecule has 4 heteroatoms. The highest BCUT2D eigenvalue weighted by Gasteiger charge is 2.29. The summed E-state index contributed by atoms with van der Waals surface area (Å²) in [6.07, 6.45) is -0.881. The zero-order chi connectivity index (χ0) is 10.1. The monoisotopic (exact) mass is 186 g/mol. The summed E-state index contributed by atoms with van der Waals surface area (Å²) in [6, 6.07) is 0. The lowest BCUT2D eigenvalue weighted by Gasteiger charge is -2.39. The molecular formula is C9H18N2O2. The van der Waals surface area contributed by atoms with Gasteiger partial charge in [0.15, 0.2) is 0 Å². The molecule has 1 amide bonds. The van der Waals surface area contributed by atoms with E-state index >= 15 is 0 Å². The lowest BCUT2D eigenvalue weighted by Crippen LogP contribution is -2.59. The third-order valence-corrected chi connectivity index (χ3v) is 2.24. The number of aliphatic hydroxyl groups is 1. The van der Waals surface area contributed by atoms with Gasteiger partial charge in [-0.2, -0.15) is 0 Å². The number of carbonyl (C=O) groups is 1. The molecule has 1 unspecified atom stereocenters. The molecule has 1 aliphatic heterocycles. The fourth-order valence-corrected chi connectivity index (χ4v) is 1.59. The fourth-order valence-electron chi connectivity index (χ4n) is 1.59. The van der Waals surface area contributed by atoms with Crippen LogP contribution >= 0.6 is 0 Å². The smallest absolute Gasteiger partial charge is 0.251 e. The molecule has 0 spiro atoms. The summed E-state index contributed by atoms with van der Waals surface area (Å²) in [6.45, 7) is 7.76. The van der Waals surface area contributed by atoms with Crippen LogP contribution in [0.1, 0.15) is 20.8 Å². The number of hydrogen-bond acceptors (Lipinski definition) is 3. The van der Waals surface area contributed by atoms with Crippen LogP contribution in [0.2, 0.25) is 0 Å². The maximum Gasteiger partial charge on any atom is 0.251 e. The molecule has 0 aliphatic carbocycles. The van der Waals surface area contributed by atoms with Crippen LogP contribution < -0.4 is 5.32 Å². The fraction of sp³-hybridized carbons (Fsp3) is 0.889. The van der Waals surface area contributed by atoms with Crippen LogP contribution in [-0.2, 0) is 4.79 Å². The van der Waals surface area contributed by atoms with E-state index in [9.17, 15) is 4.79 Å². The largest absolute Gasteiger partial charge is 0.384 e. The van der Waals surface area contributed by atoms with Crippen molar-refractivity contribution in [1.29, 1.82) is 0 Å². The quantitative estimate of drug-likeness (QED) is 0.584. The molecule has 0 aromatic rings. The highest BCUT2D eigenvalue weighted by Crippen LogP contribution is 2.10. The molecule has 0 radical (unpaired) electrons. The summed E-state index contributed by atoms with van der Waals surface area (Å²) >= 11 is 0. The van der Waals surface area contributed by atoms with Gasteiger partial charge in [0.05, 0.1) is 0 Å². The van der Waals surface area contributed by atoms with E-state index in [0.717, 1.165) is 6.54 Å². The number of amides is 1. The lowest BCUT2D eigenvalue weighted by atomic mass is 10.0. The van der Waals surface area contributed by atoms with E-state index in [0.29, 0.717) is 13.1 Å². The molecule has 1 aliphatic rings. The highest BCUT2D eigenvalue weighted by molar-refractivity contribution is 5.80. The van der Waals surface area contributed by atoms with Crippen LogP contribution in [0.3, 0.4) is 0 Å². The predicted octanol–water partition coefficient (Wildman–Crippen LogP) is -0.422. The van der Waals surface area contributed by atoms with Crippen molar-refractivity contribution in [3.05, 3.63) is 0 Å². The van der Waals surface area contributed by atoms with Crippen LogP contribution in [0, 0.1) is 0 Å². The van der Waals surface area contributed by atoms with E-state index in [2.05, 4.69) is 19.2 Å². The van der Waals surface area contributed by atoms with Gasteiger partial charge in [-0.05, 0) is 20.8 Å². The zero-order valence-electron chi connectivity index (χ0n) is 8.50. The first kappa shape index (κ1) is 10.5. The molecule has 1 heterocycles. The second-order valence-electron chi connectivity index (χ2n) is 4.25. The summed E-state index contributed by atoms with van der Waals surface area (Å²) in [5, 5.41) is 12.4. The van der Waals surface area contributed by atoms with E-state index in [1.807, 2.05) is 0 Å². The van der Waals surface area contributed by atoms with Crippen LogP contribution in [-0.4, -0.2) is 47.2 Å². The molecule has 0 aromatic heterocycles. The van der Waals surface area contributed by atoms with Gasteiger partial charge in [0.1, 0.15) is 6.10 Å². The minimum absolute atomic E-state index is 0.0389. The molecule has 13 heavy (non-hydrogen) atoms.